The van der Waals surface area contributed by atoms with Gasteiger partial charge in [-0.25, -0.2) is 5.43 Å². The number of nitrogens with one attached hydrogen (secondary N) is 3. The molecule has 7 nitrogen and oxygen atoms in total. The molecule has 0 atom stereocenters. The van der Waals surface area contributed by atoms with Gasteiger partial charge in [0.25, 0.3) is 0 Å². The molecule has 146 valence electrons. The first kappa shape index (κ1) is 21.4. The minimum absolute atomic E-state index is 0.0576. The average molecular weight is 421 g/mol. The highest BCUT2D eigenvalue weighted by Crippen LogP contribution is 2.22. The summed E-state index contributed by atoms with van der Waals surface area (Å²) in [5.41, 5.74) is 4.10. The zero-order valence-electron chi connectivity index (χ0n) is 15.2. The molecule has 0 spiro atoms. The van der Waals surface area contributed by atoms with Crippen LogP contribution in [0.25, 0.3) is 0 Å². The molecule has 0 radical (unpaired) electrons. The number of nitrogens with zero attached hydrogens (tertiary/aromatic N) is 1. The highest BCUT2D eigenvalue weighted by molar-refractivity contribution is 6.40. The van der Waals surface area contributed by atoms with Crippen LogP contribution in [-0.4, -0.2) is 23.4 Å². The lowest BCUT2D eigenvalue weighted by atomic mass is 10.2. The summed E-state index contributed by atoms with van der Waals surface area (Å²) in [7, 11) is 0. The van der Waals surface area contributed by atoms with Crippen molar-refractivity contribution < 1.29 is 14.4 Å². The number of carbonyl (C=O) groups is 3. The summed E-state index contributed by atoms with van der Waals surface area (Å²) in [5.74, 6) is -2.18. The molecule has 3 N–H and O–H groups in total. The van der Waals surface area contributed by atoms with Crippen molar-refractivity contribution in [1.29, 1.82) is 0 Å². The second-order valence-corrected chi connectivity index (χ2v) is 6.73. The van der Waals surface area contributed by atoms with E-state index in [1.807, 2.05) is 0 Å². The van der Waals surface area contributed by atoms with Crippen molar-refractivity contribution in [3.63, 3.8) is 0 Å². The summed E-state index contributed by atoms with van der Waals surface area (Å²) in [6, 6.07) is 11.6. The maximum absolute atomic E-state index is 12.0. The van der Waals surface area contributed by atoms with E-state index in [-0.39, 0.29) is 12.3 Å². The zero-order valence-corrected chi connectivity index (χ0v) is 16.7. The minimum atomic E-state index is -0.961. The van der Waals surface area contributed by atoms with Gasteiger partial charge in [0.15, 0.2) is 0 Å². The number of hydrogen-bond donors (Lipinski definition) is 3. The van der Waals surface area contributed by atoms with Crippen molar-refractivity contribution in [1.82, 2.24) is 5.43 Å². The van der Waals surface area contributed by atoms with Crippen LogP contribution in [0.2, 0.25) is 10.0 Å². The van der Waals surface area contributed by atoms with Gasteiger partial charge in [0.05, 0.1) is 6.42 Å². The summed E-state index contributed by atoms with van der Waals surface area (Å²) in [6.45, 7) is 3.28. The molecule has 3 amide bonds. The van der Waals surface area contributed by atoms with Crippen LogP contribution in [0.15, 0.2) is 47.6 Å². The fourth-order valence-electron chi connectivity index (χ4n) is 2.13. The highest BCUT2D eigenvalue weighted by Gasteiger charge is 2.15. The second kappa shape index (κ2) is 9.87. The monoisotopic (exact) mass is 420 g/mol. The molecule has 0 aromatic heterocycles. The van der Waals surface area contributed by atoms with E-state index in [1.54, 1.807) is 56.3 Å². The molecule has 0 aliphatic carbocycles. The Morgan fingerprint density at radius 2 is 1.64 bits per heavy atom. The van der Waals surface area contributed by atoms with Gasteiger partial charge >= 0.3 is 11.8 Å². The molecule has 2 rings (SSSR count). The molecule has 2 aromatic rings. The van der Waals surface area contributed by atoms with Crippen LogP contribution in [0, 0.1) is 6.92 Å². The van der Waals surface area contributed by atoms with Gasteiger partial charge in [-0.1, -0.05) is 29.3 Å². The Morgan fingerprint density at radius 1 is 0.964 bits per heavy atom. The Labute approximate surface area is 172 Å². The summed E-state index contributed by atoms with van der Waals surface area (Å²) in [5, 5.41) is 9.93. The van der Waals surface area contributed by atoms with Gasteiger partial charge in [0, 0.05) is 27.1 Å². The SMILES string of the molecule is C/C(CC(=O)Nc1ccc(Cl)cc1)=N\NC(=O)C(=O)Nc1cccc(Cl)c1C. The molecule has 0 bridgehead atoms. The highest BCUT2D eigenvalue weighted by atomic mass is 35.5. The quantitative estimate of drug-likeness (QED) is 0.389. The van der Waals surface area contributed by atoms with Crippen LogP contribution < -0.4 is 16.1 Å². The van der Waals surface area contributed by atoms with Crippen LogP contribution in [0.5, 0.6) is 0 Å². The number of hydrogen-bond acceptors (Lipinski definition) is 4. The molecule has 0 heterocycles. The van der Waals surface area contributed by atoms with E-state index in [2.05, 4.69) is 21.2 Å². The molecule has 0 saturated carbocycles. The maximum atomic E-state index is 12.0. The second-order valence-electron chi connectivity index (χ2n) is 5.89. The number of amides is 3. The molecule has 0 fully saturated rings. The van der Waals surface area contributed by atoms with Crippen LogP contribution in [-0.2, 0) is 14.4 Å². The molecule has 0 saturated heterocycles. The lowest BCUT2D eigenvalue weighted by Gasteiger charge is -2.09. The first-order chi connectivity index (χ1) is 13.3. The van der Waals surface area contributed by atoms with E-state index in [1.165, 1.54) is 0 Å². The Hall–Kier alpha value is -2.90. The van der Waals surface area contributed by atoms with Crippen LogP contribution >= 0.6 is 23.2 Å². The third-order valence-corrected chi connectivity index (χ3v) is 4.28. The molecular formula is C19H18Cl2N4O3. The molecule has 0 aliphatic heterocycles. The van der Waals surface area contributed by atoms with Crippen LogP contribution in [0.4, 0.5) is 11.4 Å². The fourth-order valence-corrected chi connectivity index (χ4v) is 2.43. The first-order valence-electron chi connectivity index (χ1n) is 8.21. The Balaban J connectivity index is 1.86. The Kier molecular flexibility index (Phi) is 7.54. The minimum Gasteiger partial charge on any atom is -0.326 e. The Bertz CT molecular complexity index is 927. The van der Waals surface area contributed by atoms with Crippen molar-refractivity contribution in [3.05, 3.63) is 58.1 Å². The largest absolute Gasteiger partial charge is 0.329 e. The number of benzene rings is 2. The zero-order chi connectivity index (χ0) is 20.7. The Morgan fingerprint density at radius 3 is 2.32 bits per heavy atom. The van der Waals surface area contributed by atoms with Gasteiger partial charge in [0.2, 0.25) is 5.91 Å². The molecule has 0 aliphatic rings. The van der Waals surface area contributed by atoms with Crippen molar-refractivity contribution in [2.75, 3.05) is 10.6 Å². The number of halogens is 2. The van der Waals surface area contributed by atoms with Crippen molar-refractivity contribution in [2.24, 2.45) is 5.10 Å². The van der Waals surface area contributed by atoms with Crippen molar-refractivity contribution >= 4 is 58.0 Å². The number of anilines is 2. The molecule has 2 aromatic carbocycles. The summed E-state index contributed by atoms with van der Waals surface area (Å²) in [6.07, 6.45) is -0.0576. The topological polar surface area (TPSA) is 99.7 Å². The lowest BCUT2D eigenvalue weighted by Crippen LogP contribution is -2.33. The van der Waals surface area contributed by atoms with Crippen molar-refractivity contribution in [2.45, 2.75) is 20.3 Å². The van der Waals surface area contributed by atoms with Crippen LogP contribution in [0.1, 0.15) is 18.9 Å². The third kappa shape index (κ3) is 6.37. The van der Waals surface area contributed by atoms with E-state index in [0.29, 0.717) is 32.7 Å². The normalized spacial score (nSPS) is 10.9. The van der Waals surface area contributed by atoms with Gasteiger partial charge in [-0.3, -0.25) is 14.4 Å². The van der Waals surface area contributed by atoms with Gasteiger partial charge in [-0.05, 0) is 55.8 Å². The predicted octanol–water partition coefficient (Wildman–Crippen LogP) is 3.76. The van der Waals surface area contributed by atoms with Crippen molar-refractivity contribution in [3.8, 4) is 0 Å². The maximum Gasteiger partial charge on any atom is 0.329 e. The van der Waals surface area contributed by atoms with E-state index in [9.17, 15) is 14.4 Å². The molecule has 9 heteroatoms. The van der Waals surface area contributed by atoms with Crippen LogP contribution in [0.3, 0.4) is 0 Å². The number of carbonyl (C=O) groups excluding carboxylic acids is 3. The summed E-state index contributed by atoms with van der Waals surface area (Å²) >= 11 is 11.8. The standard InChI is InChI=1S/C19H18Cl2N4O3/c1-11(10-17(26)22-14-8-6-13(20)7-9-14)24-25-19(28)18(27)23-16-5-3-4-15(21)12(16)2/h3-9H,10H2,1-2H3,(H,22,26)(H,23,27)(H,25,28)/b24-11+. The summed E-state index contributed by atoms with van der Waals surface area (Å²) in [4.78, 5) is 35.8. The smallest absolute Gasteiger partial charge is 0.326 e. The number of rotatable bonds is 5. The van der Waals surface area contributed by atoms with Gasteiger partial charge < -0.3 is 10.6 Å². The lowest BCUT2D eigenvalue weighted by molar-refractivity contribution is -0.136. The van der Waals surface area contributed by atoms with Gasteiger partial charge in [-0.15, -0.1) is 0 Å². The van der Waals surface area contributed by atoms with Gasteiger partial charge in [0.1, 0.15) is 0 Å². The predicted molar refractivity (Wildman–Crippen MR) is 111 cm³/mol. The molecule has 0 unspecified atom stereocenters. The van der Waals surface area contributed by atoms with Gasteiger partial charge in [-0.2, -0.15) is 5.10 Å². The first-order valence-corrected chi connectivity index (χ1v) is 8.97. The van der Waals surface area contributed by atoms with E-state index >= 15 is 0 Å². The van der Waals surface area contributed by atoms with E-state index in [0.717, 1.165) is 0 Å². The van der Waals surface area contributed by atoms with E-state index < -0.39 is 11.8 Å². The molecule has 28 heavy (non-hydrogen) atoms. The third-order valence-electron chi connectivity index (χ3n) is 3.61. The fraction of sp³-hybridized carbons (Fsp3) is 0.158. The van der Waals surface area contributed by atoms with E-state index in [4.69, 9.17) is 23.2 Å². The average Bonchev–Trinajstić information content (AvgIpc) is 2.65. The number of hydrazone groups is 1. The molecular weight excluding hydrogens is 403 g/mol. The summed E-state index contributed by atoms with van der Waals surface area (Å²) < 4.78 is 0.